The molecule has 0 saturated carbocycles. The molecule has 0 N–H and O–H groups in total. The van der Waals surface area contributed by atoms with Gasteiger partial charge in [-0.25, -0.2) is 9.67 Å². The fourth-order valence-electron chi connectivity index (χ4n) is 3.04. The van der Waals surface area contributed by atoms with Gasteiger partial charge in [-0.05, 0) is 36.2 Å². The molecular weight excluding hydrogens is 316 g/mol. The van der Waals surface area contributed by atoms with Crippen LogP contribution in [-0.2, 0) is 11.2 Å². The Morgan fingerprint density at radius 2 is 2.12 bits per heavy atom. The molecule has 1 fully saturated rings. The van der Waals surface area contributed by atoms with Crippen LogP contribution in [0.2, 0.25) is 0 Å². The molecule has 0 unspecified atom stereocenters. The number of benzene rings is 1. The van der Waals surface area contributed by atoms with Crippen molar-refractivity contribution in [3.05, 3.63) is 66.0 Å². The van der Waals surface area contributed by atoms with Gasteiger partial charge in [0.15, 0.2) is 5.82 Å². The minimum atomic E-state index is 0.275. The Morgan fingerprint density at radius 1 is 1.24 bits per heavy atom. The molecule has 0 radical (unpaired) electrons. The fraction of sp³-hybridized carbons (Fsp3) is 0.316. The molecule has 1 aliphatic rings. The largest absolute Gasteiger partial charge is 0.497 e. The van der Waals surface area contributed by atoms with Gasteiger partial charge in [-0.1, -0.05) is 12.1 Å². The topological polar surface area (TPSA) is 62.1 Å². The highest BCUT2D eigenvalue weighted by molar-refractivity contribution is 5.31. The van der Waals surface area contributed by atoms with Gasteiger partial charge in [0.05, 0.1) is 25.6 Å². The minimum Gasteiger partial charge on any atom is -0.497 e. The quantitative estimate of drug-likeness (QED) is 0.717. The van der Waals surface area contributed by atoms with Crippen molar-refractivity contribution in [2.75, 3.05) is 20.3 Å². The van der Waals surface area contributed by atoms with Gasteiger partial charge in [-0.3, -0.25) is 4.98 Å². The van der Waals surface area contributed by atoms with Crippen LogP contribution in [0.15, 0.2) is 48.8 Å². The zero-order chi connectivity index (χ0) is 17.1. The molecule has 1 aromatic carbocycles. The second-order valence-corrected chi connectivity index (χ2v) is 6.09. The predicted octanol–water partition coefficient (Wildman–Crippen LogP) is 2.77. The SMILES string of the molecule is COc1ccc(Cc2nc([C@H]3CCOC3)n(-c3cccnc3)n2)cc1. The van der Waals surface area contributed by atoms with Gasteiger partial charge >= 0.3 is 0 Å². The van der Waals surface area contributed by atoms with E-state index in [-0.39, 0.29) is 5.92 Å². The number of hydrogen-bond acceptors (Lipinski definition) is 5. The van der Waals surface area contributed by atoms with Crippen LogP contribution in [0.25, 0.3) is 5.69 Å². The third-order valence-corrected chi connectivity index (χ3v) is 4.38. The zero-order valence-electron chi connectivity index (χ0n) is 14.1. The van der Waals surface area contributed by atoms with Gasteiger partial charge in [-0.15, -0.1) is 0 Å². The molecule has 25 heavy (non-hydrogen) atoms. The van der Waals surface area contributed by atoms with E-state index in [1.165, 1.54) is 0 Å². The molecule has 0 amide bonds. The Balaban J connectivity index is 1.66. The van der Waals surface area contributed by atoms with E-state index < -0.39 is 0 Å². The number of hydrogen-bond donors (Lipinski definition) is 0. The van der Waals surface area contributed by atoms with Crippen molar-refractivity contribution in [3.63, 3.8) is 0 Å². The molecule has 4 rings (SSSR count). The molecule has 3 heterocycles. The lowest BCUT2D eigenvalue weighted by Crippen LogP contribution is -2.09. The molecule has 0 bridgehead atoms. The van der Waals surface area contributed by atoms with Crippen molar-refractivity contribution < 1.29 is 9.47 Å². The Kier molecular flexibility index (Phi) is 4.43. The molecule has 1 atom stereocenters. The lowest BCUT2D eigenvalue weighted by Gasteiger charge is -2.09. The van der Waals surface area contributed by atoms with Crippen LogP contribution in [0.4, 0.5) is 0 Å². The Labute approximate surface area is 146 Å². The molecule has 6 heteroatoms. The third kappa shape index (κ3) is 3.39. The van der Waals surface area contributed by atoms with Crippen LogP contribution in [0.1, 0.15) is 29.6 Å². The first kappa shape index (κ1) is 15.8. The van der Waals surface area contributed by atoms with Gasteiger partial charge in [0.25, 0.3) is 0 Å². The first-order valence-electron chi connectivity index (χ1n) is 8.40. The maximum Gasteiger partial charge on any atom is 0.155 e. The van der Waals surface area contributed by atoms with E-state index in [0.717, 1.165) is 41.7 Å². The van der Waals surface area contributed by atoms with E-state index in [1.807, 2.05) is 47.3 Å². The second kappa shape index (κ2) is 7.03. The van der Waals surface area contributed by atoms with Gasteiger partial charge in [-0.2, -0.15) is 5.10 Å². The van der Waals surface area contributed by atoms with E-state index >= 15 is 0 Å². The van der Waals surface area contributed by atoms with Crippen molar-refractivity contribution >= 4 is 0 Å². The van der Waals surface area contributed by atoms with Crippen molar-refractivity contribution in [3.8, 4) is 11.4 Å². The van der Waals surface area contributed by atoms with Crippen LogP contribution < -0.4 is 4.74 Å². The summed E-state index contributed by atoms with van der Waals surface area (Å²) in [4.78, 5) is 9.03. The minimum absolute atomic E-state index is 0.275. The third-order valence-electron chi connectivity index (χ3n) is 4.38. The lowest BCUT2D eigenvalue weighted by atomic mass is 10.1. The number of nitrogens with zero attached hydrogens (tertiary/aromatic N) is 4. The summed E-state index contributed by atoms with van der Waals surface area (Å²) in [5.74, 6) is 2.88. The summed E-state index contributed by atoms with van der Waals surface area (Å²) >= 11 is 0. The molecule has 128 valence electrons. The average Bonchev–Trinajstić information content (AvgIpc) is 3.33. The summed E-state index contributed by atoms with van der Waals surface area (Å²) in [6, 6.07) is 11.9. The number of aromatic nitrogens is 4. The molecule has 3 aromatic rings. The van der Waals surface area contributed by atoms with E-state index in [4.69, 9.17) is 19.6 Å². The average molecular weight is 336 g/mol. The molecule has 0 aliphatic carbocycles. The Bertz CT molecular complexity index is 824. The smallest absolute Gasteiger partial charge is 0.155 e. The first-order valence-corrected chi connectivity index (χ1v) is 8.40. The van der Waals surface area contributed by atoms with Crippen LogP contribution in [0, 0.1) is 0 Å². The molecular formula is C19H20N4O2. The van der Waals surface area contributed by atoms with Gasteiger partial charge in [0, 0.05) is 25.1 Å². The normalized spacial score (nSPS) is 16.9. The number of rotatable bonds is 5. The van der Waals surface area contributed by atoms with Gasteiger partial charge in [0.2, 0.25) is 0 Å². The van der Waals surface area contributed by atoms with Crippen molar-refractivity contribution in [1.82, 2.24) is 19.7 Å². The molecule has 1 aliphatic heterocycles. The Morgan fingerprint density at radius 3 is 2.80 bits per heavy atom. The summed E-state index contributed by atoms with van der Waals surface area (Å²) in [7, 11) is 1.67. The summed E-state index contributed by atoms with van der Waals surface area (Å²) < 4.78 is 12.7. The predicted molar refractivity (Wildman–Crippen MR) is 93.1 cm³/mol. The van der Waals surface area contributed by atoms with Crippen molar-refractivity contribution in [2.24, 2.45) is 0 Å². The van der Waals surface area contributed by atoms with Gasteiger partial charge in [0.1, 0.15) is 11.6 Å². The number of ether oxygens (including phenoxy) is 2. The van der Waals surface area contributed by atoms with E-state index in [1.54, 1.807) is 13.3 Å². The summed E-state index contributed by atoms with van der Waals surface area (Å²) in [5.41, 5.74) is 2.08. The number of pyridine rings is 1. The standard InChI is InChI=1S/C19H20N4O2/c1-24-17-6-4-14(5-7-17)11-18-21-19(15-8-10-25-13-15)23(22-18)16-3-2-9-20-12-16/h2-7,9,12,15H,8,10-11,13H2,1H3/t15-/m0/s1. The summed E-state index contributed by atoms with van der Waals surface area (Å²) in [5, 5.41) is 4.74. The molecule has 6 nitrogen and oxygen atoms in total. The maximum atomic E-state index is 5.54. The van der Waals surface area contributed by atoms with Crippen LogP contribution in [0.3, 0.4) is 0 Å². The highest BCUT2D eigenvalue weighted by Gasteiger charge is 2.25. The summed E-state index contributed by atoms with van der Waals surface area (Å²) in [6.07, 6.45) is 5.22. The summed E-state index contributed by atoms with van der Waals surface area (Å²) in [6.45, 7) is 1.47. The maximum absolute atomic E-state index is 5.54. The molecule has 0 spiro atoms. The molecule has 1 saturated heterocycles. The van der Waals surface area contributed by atoms with E-state index in [9.17, 15) is 0 Å². The van der Waals surface area contributed by atoms with Crippen molar-refractivity contribution in [1.29, 1.82) is 0 Å². The first-order chi connectivity index (χ1) is 12.3. The Hall–Kier alpha value is -2.73. The van der Waals surface area contributed by atoms with Gasteiger partial charge < -0.3 is 9.47 Å². The monoisotopic (exact) mass is 336 g/mol. The number of methoxy groups -OCH3 is 1. The van der Waals surface area contributed by atoms with Crippen LogP contribution in [-0.4, -0.2) is 40.1 Å². The van der Waals surface area contributed by atoms with E-state index in [0.29, 0.717) is 13.0 Å². The van der Waals surface area contributed by atoms with Crippen LogP contribution in [0.5, 0.6) is 5.75 Å². The van der Waals surface area contributed by atoms with Crippen LogP contribution >= 0.6 is 0 Å². The second-order valence-electron chi connectivity index (χ2n) is 6.09. The van der Waals surface area contributed by atoms with E-state index in [2.05, 4.69) is 4.98 Å². The molecule has 2 aromatic heterocycles. The van der Waals surface area contributed by atoms with Crippen molar-refractivity contribution in [2.45, 2.75) is 18.8 Å². The lowest BCUT2D eigenvalue weighted by molar-refractivity contribution is 0.193. The zero-order valence-corrected chi connectivity index (χ0v) is 14.1. The fourth-order valence-corrected chi connectivity index (χ4v) is 3.04. The highest BCUT2D eigenvalue weighted by atomic mass is 16.5. The highest BCUT2D eigenvalue weighted by Crippen LogP contribution is 2.26.